The Bertz CT molecular complexity index is 340. The molecule has 1 rings (SSSR count). The molecule has 0 unspecified atom stereocenters. The Morgan fingerprint density at radius 2 is 1.56 bits per heavy atom. The monoisotopic (exact) mass is 250 g/mol. The van der Waals surface area contributed by atoms with Gasteiger partial charge in [-0.15, -0.1) is 0 Å². The van der Waals surface area contributed by atoms with E-state index in [0.717, 1.165) is 6.20 Å². The highest BCUT2D eigenvalue weighted by Crippen LogP contribution is 2.45. The average Bonchev–Trinajstić information content (AvgIpc) is 2.49. The number of rotatable bonds is 3. The summed E-state index contributed by atoms with van der Waals surface area (Å²) in [7, 11) is 0. The highest BCUT2D eigenvalue weighted by atomic mass is 19.4. The molecule has 1 aromatic rings. The number of hydrogen-bond donors (Lipinski definition) is 0. The van der Waals surface area contributed by atoms with Crippen molar-refractivity contribution in [2.24, 2.45) is 0 Å². The Morgan fingerprint density at radius 3 is 1.94 bits per heavy atom. The predicted molar refractivity (Wildman–Crippen MR) is 38.0 cm³/mol. The zero-order chi connectivity index (χ0) is 12.6. The molecule has 0 saturated heterocycles. The number of imidazole rings is 1. The summed E-state index contributed by atoms with van der Waals surface area (Å²) in [6, 6.07) is -4.97. The maximum absolute atomic E-state index is 13.0. The van der Waals surface area contributed by atoms with Crippen molar-refractivity contribution in [1.82, 2.24) is 9.55 Å². The van der Waals surface area contributed by atoms with Gasteiger partial charge in [0.2, 0.25) is 0 Å². The zero-order valence-electron chi connectivity index (χ0n) is 7.48. The summed E-state index contributed by atoms with van der Waals surface area (Å²) in [5.74, 6) is -5.23. The van der Waals surface area contributed by atoms with Gasteiger partial charge in [-0.2, -0.15) is 30.7 Å². The van der Waals surface area contributed by atoms with Crippen molar-refractivity contribution in [3.05, 3.63) is 18.7 Å². The van der Waals surface area contributed by atoms with Gasteiger partial charge < -0.3 is 0 Å². The highest BCUT2D eigenvalue weighted by Gasteiger charge is 2.62. The summed E-state index contributed by atoms with van der Waals surface area (Å²) < 4.78 is 86.1. The first-order valence-electron chi connectivity index (χ1n) is 3.87. The van der Waals surface area contributed by atoms with Crippen molar-refractivity contribution in [2.45, 2.75) is 24.6 Å². The minimum atomic E-state index is -5.38. The minimum absolute atomic E-state index is 0.324. The lowest BCUT2D eigenvalue weighted by molar-refractivity contribution is -0.298. The lowest BCUT2D eigenvalue weighted by Gasteiger charge is -2.27. The van der Waals surface area contributed by atoms with Crippen LogP contribution in [0.4, 0.5) is 30.7 Å². The van der Waals surface area contributed by atoms with Gasteiger partial charge in [0.05, 0.1) is 6.33 Å². The Hall–Kier alpha value is -1.28. The van der Waals surface area contributed by atoms with Crippen molar-refractivity contribution in [2.75, 3.05) is 0 Å². The SMILES string of the molecule is FC(F)(F)CC(F)(F)C(F)(F)n1ccnc1. The van der Waals surface area contributed by atoms with E-state index in [2.05, 4.69) is 4.98 Å². The Balaban J connectivity index is 2.98. The zero-order valence-corrected chi connectivity index (χ0v) is 7.48. The lowest BCUT2D eigenvalue weighted by Crippen LogP contribution is -2.45. The molecule has 0 radical (unpaired) electrons. The molecular weight excluding hydrogens is 245 g/mol. The molecule has 0 bridgehead atoms. The lowest BCUT2D eigenvalue weighted by atomic mass is 10.2. The second-order valence-corrected chi connectivity index (χ2v) is 3.01. The van der Waals surface area contributed by atoms with E-state index < -0.39 is 24.6 Å². The van der Waals surface area contributed by atoms with Crippen LogP contribution in [-0.2, 0) is 6.05 Å². The van der Waals surface area contributed by atoms with Gasteiger partial charge in [-0.1, -0.05) is 0 Å². The van der Waals surface area contributed by atoms with Crippen LogP contribution in [-0.4, -0.2) is 21.6 Å². The van der Waals surface area contributed by atoms with Crippen molar-refractivity contribution in [1.29, 1.82) is 0 Å². The van der Waals surface area contributed by atoms with Crippen molar-refractivity contribution in [3.63, 3.8) is 0 Å². The number of alkyl halides is 7. The molecule has 0 amide bonds. The molecule has 16 heavy (non-hydrogen) atoms. The molecule has 0 aliphatic heterocycles. The fraction of sp³-hybridized carbons (Fsp3) is 0.571. The van der Waals surface area contributed by atoms with Gasteiger partial charge in [0.15, 0.2) is 0 Å². The van der Waals surface area contributed by atoms with E-state index in [4.69, 9.17) is 0 Å². The van der Waals surface area contributed by atoms with Crippen LogP contribution < -0.4 is 0 Å². The molecular formula is C7H5F7N2. The predicted octanol–water partition coefficient (Wildman–Crippen LogP) is 3.02. The molecule has 1 heterocycles. The summed E-state index contributed by atoms with van der Waals surface area (Å²) in [6.07, 6.45) is -6.73. The van der Waals surface area contributed by atoms with Crippen LogP contribution in [0.25, 0.3) is 0 Å². The molecule has 0 N–H and O–H groups in total. The van der Waals surface area contributed by atoms with E-state index in [1.807, 2.05) is 0 Å². The number of aromatic nitrogens is 2. The van der Waals surface area contributed by atoms with E-state index in [1.54, 1.807) is 0 Å². The van der Waals surface area contributed by atoms with Gasteiger partial charge in [-0.05, 0) is 0 Å². The molecule has 9 heteroatoms. The normalized spacial score (nSPS) is 14.2. The van der Waals surface area contributed by atoms with Crippen LogP contribution in [0.2, 0.25) is 0 Å². The molecule has 0 saturated carbocycles. The van der Waals surface area contributed by atoms with Crippen LogP contribution in [0.5, 0.6) is 0 Å². The fourth-order valence-corrected chi connectivity index (χ4v) is 0.972. The van der Waals surface area contributed by atoms with Crippen LogP contribution in [0.15, 0.2) is 18.7 Å². The molecule has 1 aromatic heterocycles. The minimum Gasteiger partial charge on any atom is -0.272 e. The number of hydrogen-bond acceptors (Lipinski definition) is 1. The third-order valence-electron chi connectivity index (χ3n) is 1.69. The third kappa shape index (κ3) is 2.45. The summed E-state index contributed by atoms with van der Waals surface area (Å²) in [6.45, 7) is 0. The molecule has 0 spiro atoms. The molecule has 0 aromatic carbocycles. The van der Waals surface area contributed by atoms with Gasteiger partial charge in [0.1, 0.15) is 6.42 Å². The van der Waals surface area contributed by atoms with Crippen LogP contribution >= 0.6 is 0 Å². The molecule has 0 aliphatic rings. The Labute approximate surface area is 84.7 Å². The van der Waals surface area contributed by atoms with Crippen molar-refractivity contribution < 1.29 is 30.7 Å². The smallest absolute Gasteiger partial charge is 0.272 e. The largest absolute Gasteiger partial charge is 0.395 e. The van der Waals surface area contributed by atoms with Gasteiger partial charge >= 0.3 is 18.1 Å². The number of halogens is 7. The van der Waals surface area contributed by atoms with Crippen LogP contribution in [0, 0.1) is 0 Å². The van der Waals surface area contributed by atoms with Crippen molar-refractivity contribution in [3.8, 4) is 0 Å². The first kappa shape index (κ1) is 12.8. The summed E-state index contributed by atoms with van der Waals surface area (Å²) in [5.41, 5.74) is 0. The molecule has 0 atom stereocenters. The van der Waals surface area contributed by atoms with Crippen LogP contribution in [0.3, 0.4) is 0 Å². The first-order valence-corrected chi connectivity index (χ1v) is 3.87. The molecule has 0 aliphatic carbocycles. The second kappa shape index (κ2) is 3.63. The van der Waals surface area contributed by atoms with E-state index >= 15 is 0 Å². The van der Waals surface area contributed by atoms with Gasteiger partial charge in [-0.3, -0.25) is 4.57 Å². The number of nitrogens with zero attached hydrogens (tertiary/aromatic N) is 2. The molecule has 92 valence electrons. The summed E-state index contributed by atoms with van der Waals surface area (Å²) >= 11 is 0. The maximum atomic E-state index is 13.0. The van der Waals surface area contributed by atoms with Gasteiger partial charge in [0.25, 0.3) is 0 Å². The maximum Gasteiger partial charge on any atom is 0.395 e. The topological polar surface area (TPSA) is 17.8 Å². The Kier molecular flexibility index (Phi) is 2.90. The van der Waals surface area contributed by atoms with Gasteiger partial charge in [0, 0.05) is 12.4 Å². The highest BCUT2D eigenvalue weighted by molar-refractivity contribution is 4.89. The van der Waals surface area contributed by atoms with E-state index in [0.29, 0.717) is 12.5 Å². The summed E-state index contributed by atoms with van der Waals surface area (Å²) in [4.78, 5) is 3.07. The average molecular weight is 250 g/mol. The van der Waals surface area contributed by atoms with Crippen molar-refractivity contribution >= 4 is 0 Å². The van der Waals surface area contributed by atoms with E-state index in [9.17, 15) is 30.7 Å². The summed E-state index contributed by atoms with van der Waals surface area (Å²) in [5, 5.41) is 0. The first-order chi connectivity index (χ1) is 7.06. The Morgan fingerprint density at radius 1 is 1.00 bits per heavy atom. The molecule has 0 fully saturated rings. The van der Waals surface area contributed by atoms with Gasteiger partial charge in [-0.25, -0.2) is 4.98 Å². The van der Waals surface area contributed by atoms with Crippen LogP contribution in [0.1, 0.15) is 6.42 Å². The quantitative estimate of drug-likeness (QED) is 0.754. The second-order valence-electron chi connectivity index (χ2n) is 3.01. The molecule has 2 nitrogen and oxygen atoms in total. The third-order valence-corrected chi connectivity index (χ3v) is 1.69. The standard InChI is InChI=1S/C7H5F7N2/c8-5(9,3-6(10,11)12)7(13,14)16-2-1-15-4-16/h1-2,4H,3H2. The van der Waals surface area contributed by atoms with E-state index in [-0.39, 0.29) is 4.57 Å². The fourth-order valence-electron chi connectivity index (χ4n) is 0.972. The van der Waals surface area contributed by atoms with E-state index in [1.165, 1.54) is 0 Å².